The van der Waals surface area contributed by atoms with Gasteiger partial charge in [0.25, 0.3) is 5.91 Å². The lowest BCUT2D eigenvalue weighted by atomic mass is 10.1. The second-order valence-electron chi connectivity index (χ2n) is 5.16. The van der Waals surface area contributed by atoms with Crippen LogP contribution in [-0.2, 0) is 4.79 Å². The summed E-state index contributed by atoms with van der Waals surface area (Å²) in [6.45, 7) is 4.45. The fourth-order valence-corrected chi connectivity index (χ4v) is 2.86. The Morgan fingerprint density at radius 2 is 2.25 bits per heavy atom. The summed E-state index contributed by atoms with van der Waals surface area (Å²) < 4.78 is 5.37. The van der Waals surface area contributed by atoms with Crippen molar-refractivity contribution in [2.45, 2.75) is 32.4 Å². The molecule has 0 aliphatic carbocycles. The number of carbonyl (C=O) groups excluding carboxylic acids is 1. The molecule has 1 heterocycles. The number of rotatable bonds is 6. The molecule has 1 aromatic rings. The smallest absolute Gasteiger partial charge is 0.262 e. The maximum Gasteiger partial charge on any atom is 0.262 e. The van der Waals surface area contributed by atoms with Gasteiger partial charge in [0.2, 0.25) is 0 Å². The number of nitrogens with one attached hydrogen (secondary N) is 2. The maximum atomic E-state index is 11.3. The van der Waals surface area contributed by atoms with E-state index in [2.05, 4.69) is 36.8 Å². The molecule has 0 radical (unpaired) electrons. The number of ether oxygens (including phenoxy) is 1. The van der Waals surface area contributed by atoms with Crippen molar-refractivity contribution in [3.63, 3.8) is 0 Å². The third kappa shape index (κ3) is 3.90. The van der Waals surface area contributed by atoms with Crippen LogP contribution in [0.25, 0.3) is 0 Å². The zero-order valence-electron chi connectivity index (χ0n) is 12.2. The molecule has 5 heteroatoms. The van der Waals surface area contributed by atoms with E-state index in [-0.39, 0.29) is 18.6 Å². The monoisotopic (exact) mass is 294 g/mol. The molecule has 2 unspecified atom stereocenters. The second-order valence-corrected chi connectivity index (χ2v) is 6.15. The van der Waals surface area contributed by atoms with Gasteiger partial charge in [0.1, 0.15) is 5.75 Å². The van der Waals surface area contributed by atoms with Gasteiger partial charge in [-0.2, -0.15) is 11.8 Å². The predicted octanol–water partition coefficient (Wildman–Crippen LogP) is 2.81. The summed E-state index contributed by atoms with van der Waals surface area (Å²) in [5, 5.41) is 6.43. The van der Waals surface area contributed by atoms with Crippen LogP contribution in [0, 0.1) is 0 Å². The molecule has 1 aliphatic heterocycles. The Hall–Kier alpha value is -1.20. The topological polar surface area (TPSA) is 50.4 Å². The van der Waals surface area contributed by atoms with Crippen LogP contribution in [0.2, 0.25) is 0 Å². The van der Waals surface area contributed by atoms with Crippen LogP contribution >= 0.6 is 11.8 Å². The minimum atomic E-state index is -0.0939. The highest BCUT2D eigenvalue weighted by molar-refractivity contribution is 7.98. The lowest BCUT2D eigenvalue weighted by molar-refractivity contribution is -0.118. The first-order chi connectivity index (χ1) is 9.60. The Balaban J connectivity index is 2.01. The molecule has 20 heavy (non-hydrogen) atoms. The molecular formula is C15H22N2O2S. The third-order valence-electron chi connectivity index (χ3n) is 3.43. The van der Waals surface area contributed by atoms with E-state index in [1.165, 1.54) is 0 Å². The Morgan fingerprint density at radius 1 is 1.45 bits per heavy atom. The Morgan fingerprint density at radius 3 is 3.00 bits per heavy atom. The van der Waals surface area contributed by atoms with Crippen molar-refractivity contribution >= 4 is 23.4 Å². The highest BCUT2D eigenvalue weighted by atomic mass is 32.2. The molecular weight excluding hydrogens is 272 g/mol. The van der Waals surface area contributed by atoms with Crippen molar-refractivity contribution in [2.75, 3.05) is 23.9 Å². The number of amides is 1. The van der Waals surface area contributed by atoms with E-state index in [0.29, 0.717) is 6.04 Å². The molecule has 2 atom stereocenters. The number of benzene rings is 1. The van der Waals surface area contributed by atoms with Crippen molar-refractivity contribution in [1.29, 1.82) is 0 Å². The summed E-state index contributed by atoms with van der Waals surface area (Å²) in [5.74, 6) is 1.81. The fraction of sp³-hybridized carbons (Fsp3) is 0.533. The van der Waals surface area contributed by atoms with Gasteiger partial charge in [-0.25, -0.2) is 0 Å². The average molecular weight is 294 g/mol. The molecule has 0 bridgehead atoms. The first kappa shape index (κ1) is 15.2. The number of hydrogen-bond donors (Lipinski definition) is 2. The minimum absolute atomic E-state index is 0.0939. The molecule has 110 valence electrons. The number of fused-ring (bicyclic) bond motifs is 1. The fourth-order valence-electron chi connectivity index (χ4n) is 2.27. The standard InChI is InChI=1S/C15H22N2O2S/c1-10(6-7-20-3)16-11(2)12-4-5-14-13(8-12)17-15(18)9-19-14/h4-5,8,10-11,16H,6-7,9H2,1-3H3,(H,17,18). The molecule has 0 saturated heterocycles. The summed E-state index contributed by atoms with van der Waals surface area (Å²) in [4.78, 5) is 11.3. The predicted molar refractivity (Wildman–Crippen MR) is 84.6 cm³/mol. The van der Waals surface area contributed by atoms with E-state index in [9.17, 15) is 4.79 Å². The summed E-state index contributed by atoms with van der Waals surface area (Å²) >= 11 is 1.87. The van der Waals surface area contributed by atoms with Crippen molar-refractivity contribution in [3.8, 4) is 5.75 Å². The van der Waals surface area contributed by atoms with Gasteiger partial charge in [-0.15, -0.1) is 0 Å². The van der Waals surface area contributed by atoms with E-state index in [0.717, 1.165) is 29.2 Å². The zero-order valence-corrected chi connectivity index (χ0v) is 13.0. The van der Waals surface area contributed by atoms with Gasteiger partial charge in [-0.05, 0) is 50.0 Å². The molecule has 4 nitrogen and oxygen atoms in total. The van der Waals surface area contributed by atoms with Crippen LogP contribution in [0.4, 0.5) is 5.69 Å². The minimum Gasteiger partial charge on any atom is -0.482 e. The molecule has 0 saturated carbocycles. The molecule has 0 spiro atoms. The van der Waals surface area contributed by atoms with Gasteiger partial charge in [0.15, 0.2) is 6.61 Å². The lowest BCUT2D eigenvalue weighted by Gasteiger charge is -2.23. The van der Waals surface area contributed by atoms with Crippen LogP contribution < -0.4 is 15.4 Å². The van der Waals surface area contributed by atoms with Gasteiger partial charge in [0.05, 0.1) is 5.69 Å². The van der Waals surface area contributed by atoms with Gasteiger partial charge < -0.3 is 15.4 Å². The lowest BCUT2D eigenvalue weighted by Crippen LogP contribution is -2.30. The van der Waals surface area contributed by atoms with E-state index in [1.54, 1.807) is 0 Å². The molecule has 2 N–H and O–H groups in total. The summed E-state index contributed by atoms with van der Waals surface area (Å²) in [5.41, 5.74) is 1.93. The summed E-state index contributed by atoms with van der Waals surface area (Å²) in [7, 11) is 0. The van der Waals surface area contributed by atoms with Crippen LogP contribution in [0.5, 0.6) is 5.75 Å². The van der Waals surface area contributed by atoms with Crippen LogP contribution in [0.3, 0.4) is 0 Å². The molecule has 1 aliphatic rings. The molecule has 0 fully saturated rings. The van der Waals surface area contributed by atoms with Crippen molar-refractivity contribution < 1.29 is 9.53 Å². The van der Waals surface area contributed by atoms with Crippen LogP contribution in [0.15, 0.2) is 18.2 Å². The van der Waals surface area contributed by atoms with Crippen molar-refractivity contribution in [1.82, 2.24) is 5.32 Å². The number of carbonyl (C=O) groups is 1. The van der Waals surface area contributed by atoms with Crippen molar-refractivity contribution in [3.05, 3.63) is 23.8 Å². The molecule has 0 aromatic heterocycles. The van der Waals surface area contributed by atoms with Crippen molar-refractivity contribution in [2.24, 2.45) is 0 Å². The van der Waals surface area contributed by atoms with E-state index in [1.807, 2.05) is 23.9 Å². The normalized spacial score (nSPS) is 16.9. The van der Waals surface area contributed by atoms with Gasteiger partial charge in [-0.3, -0.25) is 4.79 Å². The van der Waals surface area contributed by atoms with Gasteiger partial charge in [0, 0.05) is 12.1 Å². The van der Waals surface area contributed by atoms with Gasteiger partial charge in [-0.1, -0.05) is 6.07 Å². The maximum absolute atomic E-state index is 11.3. The Labute approximate surface area is 124 Å². The highest BCUT2D eigenvalue weighted by Crippen LogP contribution is 2.30. The molecule has 1 aromatic carbocycles. The Bertz CT molecular complexity index is 479. The summed E-state index contributed by atoms with van der Waals surface area (Å²) in [6, 6.07) is 6.69. The molecule has 1 amide bonds. The van der Waals surface area contributed by atoms with E-state index >= 15 is 0 Å². The summed E-state index contributed by atoms with van der Waals surface area (Å²) in [6.07, 6.45) is 3.28. The van der Waals surface area contributed by atoms with Crippen LogP contribution in [-0.4, -0.2) is 30.6 Å². The zero-order chi connectivity index (χ0) is 14.5. The van der Waals surface area contributed by atoms with E-state index in [4.69, 9.17) is 4.74 Å². The van der Waals surface area contributed by atoms with E-state index < -0.39 is 0 Å². The largest absolute Gasteiger partial charge is 0.482 e. The number of anilines is 1. The number of thioether (sulfide) groups is 1. The molecule has 2 rings (SSSR count). The number of hydrogen-bond acceptors (Lipinski definition) is 4. The first-order valence-corrected chi connectivity index (χ1v) is 8.31. The van der Waals surface area contributed by atoms with Crippen LogP contribution in [0.1, 0.15) is 31.9 Å². The Kier molecular flexibility index (Phi) is 5.31. The first-order valence-electron chi connectivity index (χ1n) is 6.91. The third-order valence-corrected chi connectivity index (χ3v) is 4.07. The quantitative estimate of drug-likeness (QED) is 0.847. The highest BCUT2D eigenvalue weighted by Gasteiger charge is 2.17. The average Bonchev–Trinajstić information content (AvgIpc) is 2.44. The second kappa shape index (κ2) is 6.99. The SMILES string of the molecule is CSCCC(C)NC(C)c1ccc2c(c1)NC(=O)CO2. The van der Waals surface area contributed by atoms with Gasteiger partial charge >= 0.3 is 0 Å².